The Balaban J connectivity index is 1.39. The van der Waals surface area contributed by atoms with E-state index in [4.69, 9.17) is 24.3 Å². The van der Waals surface area contributed by atoms with Crippen molar-refractivity contribution in [2.45, 2.75) is 6.92 Å². The predicted octanol–water partition coefficient (Wildman–Crippen LogP) is 6.90. The quantitative estimate of drug-likeness (QED) is 0.0273. The highest BCUT2D eigenvalue weighted by atomic mass is 16.5. The van der Waals surface area contributed by atoms with Gasteiger partial charge in [0.2, 0.25) is 0 Å². The summed E-state index contributed by atoms with van der Waals surface area (Å²) in [7, 11) is 8.44. The third kappa shape index (κ3) is 10.1. The molecule has 0 amide bonds. The number of hydrogen-bond acceptors (Lipinski definition) is 6. The number of aromatic amines is 4. The van der Waals surface area contributed by atoms with Gasteiger partial charge < -0.3 is 48.7 Å². The molecule has 0 atom stereocenters. The number of diazo groups is 1. The van der Waals surface area contributed by atoms with Crippen molar-refractivity contribution in [2.24, 2.45) is 0 Å². The van der Waals surface area contributed by atoms with Gasteiger partial charge in [0.1, 0.15) is 42.8 Å². The third-order valence-corrected chi connectivity index (χ3v) is 12.0. The zero-order valence-electron chi connectivity index (χ0n) is 39.7. The Labute approximate surface area is 401 Å². The molecule has 5 heterocycles. The number of fused-ring (bicyclic) bond motifs is 8. The first-order chi connectivity index (χ1) is 33.7. The average molecular weight is 921 g/mol. The zero-order chi connectivity index (χ0) is 47.7. The number of quaternary nitrogens is 1. The van der Waals surface area contributed by atoms with E-state index in [9.17, 15) is 0 Å². The number of rotatable bonds is 18. The lowest BCUT2D eigenvalue weighted by Crippen LogP contribution is -2.38. The molecule has 0 radical (unpaired) electrons. The van der Waals surface area contributed by atoms with Gasteiger partial charge in [-0.05, 0) is 86.8 Å². The van der Waals surface area contributed by atoms with Crippen LogP contribution in [-0.4, -0.2) is 98.7 Å². The van der Waals surface area contributed by atoms with Crippen molar-refractivity contribution < 1.29 is 23.4 Å². The molecule has 1 aliphatic heterocycles. The van der Waals surface area contributed by atoms with E-state index < -0.39 is 0 Å². The predicted molar refractivity (Wildman–Crippen MR) is 272 cm³/mol. The summed E-state index contributed by atoms with van der Waals surface area (Å²) in [6.07, 6.45) is 0. The largest absolute Gasteiger partial charge is 0.493 e. The number of benzene rings is 4. The number of para-hydroxylation sites is 4. The topological polar surface area (TPSA) is 154 Å². The van der Waals surface area contributed by atoms with Crippen molar-refractivity contribution in [1.29, 1.82) is 5.39 Å². The monoisotopic (exact) mass is 920 g/mol. The maximum atomic E-state index is 9.02. The van der Waals surface area contributed by atoms with Crippen LogP contribution in [0, 0.1) is 5.39 Å². The molecule has 1 aliphatic rings. The van der Waals surface area contributed by atoms with Gasteiger partial charge in [-0.3, -0.25) is 0 Å². The SMILES string of the molecule is CCOc1ccccc1C1=c2ccc([nH]2)=C(c2ccccc2OCC[N-][N+]#N)c2ccc([nH]2)C(c2ccccc2OCCNC)=c2ccc([nH]2)=C(c2ccccc2OCC[N+](C)(C)C)c2ccc1[nH]2. The highest BCUT2D eigenvalue weighted by Gasteiger charge is 2.23. The summed E-state index contributed by atoms with van der Waals surface area (Å²) in [5, 5.41) is 18.7. The summed E-state index contributed by atoms with van der Waals surface area (Å²) in [5.41, 5.74) is 14.5. The Morgan fingerprint density at radius 2 is 0.841 bits per heavy atom. The lowest BCUT2D eigenvalue weighted by molar-refractivity contribution is -0.870. The molecule has 13 nitrogen and oxygen atoms in total. The summed E-state index contributed by atoms with van der Waals surface area (Å²) in [6, 6.07) is 49.6. The normalized spacial score (nSPS) is 12.5. The van der Waals surface area contributed by atoms with Crippen LogP contribution in [-0.2, 0) is 0 Å². The molecule has 69 heavy (non-hydrogen) atoms. The molecule has 0 unspecified atom stereocenters. The molecule has 4 aromatic carbocycles. The molecule has 350 valence electrons. The zero-order valence-corrected chi connectivity index (χ0v) is 39.7. The Hall–Kier alpha value is -8.18. The van der Waals surface area contributed by atoms with Crippen LogP contribution in [0.4, 0.5) is 0 Å². The van der Waals surface area contributed by atoms with E-state index in [0.717, 1.165) is 117 Å². The fourth-order valence-electron chi connectivity index (χ4n) is 8.77. The molecule has 8 bridgehead atoms. The molecular weight excluding hydrogens is 863 g/mol. The van der Waals surface area contributed by atoms with Crippen LogP contribution < -0.4 is 45.7 Å². The van der Waals surface area contributed by atoms with Crippen LogP contribution in [0.25, 0.3) is 32.8 Å². The van der Waals surface area contributed by atoms with Gasteiger partial charge in [0.05, 0.1) is 46.0 Å². The molecule has 0 aliphatic carbocycles. The Morgan fingerprint density at radius 3 is 1.20 bits per heavy atom. The lowest BCUT2D eigenvalue weighted by Gasteiger charge is -2.24. The van der Waals surface area contributed by atoms with Crippen LogP contribution in [0.3, 0.4) is 0 Å². The third-order valence-electron chi connectivity index (χ3n) is 12.0. The van der Waals surface area contributed by atoms with Crippen molar-refractivity contribution in [3.63, 3.8) is 0 Å². The molecule has 8 aromatic rings. The minimum absolute atomic E-state index is 0.190. The number of aromatic nitrogens is 4. The number of H-pyrrole nitrogens is 4. The number of nitrogens with zero attached hydrogens (tertiary/aromatic N) is 4. The first kappa shape index (κ1) is 46.0. The standard InChI is InChI=1S/C56H58N9O4/c1-6-66-49-19-11-7-15-37(49)53-41-23-25-45(60-41)55(39-17-9-13-21-51(39)68-35-32-59-64-57)46-28-27-43(62-46)54(38-16-8-12-20-50(38)67-34-31-58-2)44-29-30-48(63-44)56(47-26-24-42(53)61-47)40-18-10-14-22-52(40)69-36-33-65(3,4)5/h7-30,58,60-63H,6,31-36H2,1-5H3/q+1. The molecule has 0 spiro atoms. The number of likely N-dealkylation sites (N-methyl/N-ethyl adjacent to an activating group) is 2. The number of ether oxygens (including phenoxy) is 4. The Bertz CT molecular complexity index is 3380. The summed E-state index contributed by atoms with van der Waals surface area (Å²) in [6.45, 7) is 5.46. The molecular formula is C56H58N9O4+. The Morgan fingerprint density at radius 1 is 0.478 bits per heavy atom. The summed E-state index contributed by atoms with van der Waals surface area (Å²) < 4.78 is 26.6. The van der Waals surface area contributed by atoms with Crippen molar-refractivity contribution in [2.75, 3.05) is 74.3 Å². The second-order valence-corrected chi connectivity index (χ2v) is 17.7. The maximum absolute atomic E-state index is 9.02. The van der Waals surface area contributed by atoms with Gasteiger partial charge in [0.15, 0.2) is 0 Å². The molecule has 0 fully saturated rings. The van der Waals surface area contributed by atoms with Gasteiger partial charge in [-0.25, -0.2) is 0 Å². The lowest BCUT2D eigenvalue weighted by atomic mass is 10.0. The fourth-order valence-corrected chi connectivity index (χ4v) is 8.77. The molecule has 4 aromatic heterocycles. The van der Waals surface area contributed by atoms with E-state index in [2.05, 4.69) is 142 Å². The van der Waals surface area contributed by atoms with E-state index >= 15 is 0 Å². The Kier molecular flexibility index (Phi) is 13.8. The van der Waals surface area contributed by atoms with Gasteiger partial charge in [-0.2, -0.15) is 0 Å². The van der Waals surface area contributed by atoms with Crippen LogP contribution >= 0.6 is 0 Å². The van der Waals surface area contributed by atoms with Gasteiger partial charge in [-0.15, -0.1) is 5.39 Å². The number of azide groups is 1. The van der Waals surface area contributed by atoms with Gasteiger partial charge in [-0.1, -0.05) is 78.2 Å². The average Bonchev–Trinajstić information content (AvgIpc) is 4.21. The first-order valence-electron chi connectivity index (χ1n) is 23.4. The van der Waals surface area contributed by atoms with Crippen LogP contribution in [0.1, 0.15) is 52.0 Å². The van der Waals surface area contributed by atoms with E-state index in [1.54, 1.807) is 0 Å². The molecule has 5 N–H and O–H groups in total. The number of hydrogen-bond donors (Lipinski definition) is 5. The summed E-state index contributed by atoms with van der Waals surface area (Å²) in [5.74, 6) is 2.95. The van der Waals surface area contributed by atoms with Crippen molar-refractivity contribution in [1.82, 2.24) is 25.3 Å². The second kappa shape index (κ2) is 20.8. The van der Waals surface area contributed by atoms with E-state index in [1.165, 1.54) is 0 Å². The van der Waals surface area contributed by atoms with E-state index in [0.29, 0.717) is 32.1 Å². The van der Waals surface area contributed by atoms with Crippen LogP contribution in [0.2, 0.25) is 0 Å². The fraction of sp³-hybridized carbons (Fsp3) is 0.214. The van der Waals surface area contributed by atoms with Gasteiger partial charge in [0, 0.05) is 95.3 Å². The summed E-state index contributed by atoms with van der Waals surface area (Å²) in [4.78, 5) is 15.6. The van der Waals surface area contributed by atoms with Crippen LogP contribution in [0.15, 0.2) is 146 Å². The van der Waals surface area contributed by atoms with E-state index in [-0.39, 0.29) is 13.2 Å². The highest BCUT2D eigenvalue weighted by molar-refractivity contribution is 5.87. The van der Waals surface area contributed by atoms with Crippen molar-refractivity contribution >= 4 is 22.3 Å². The maximum Gasteiger partial charge on any atom is 0.137 e. The minimum atomic E-state index is 0.190. The highest BCUT2D eigenvalue weighted by Crippen LogP contribution is 2.35. The van der Waals surface area contributed by atoms with Crippen molar-refractivity contribution in [3.05, 3.63) is 223 Å². The number of nitrogens with one attached hydrogen (secondary N) is 5. The second-order valence-electron chi connectivity index (χ2n) is 17.7. The van der Waals surface area contributed by atoms with Gasteiger partial charge in [0.25, 0.3) is 0 Å². The summed E-state index contributed by atoms with van der Waals surface area (Å²) >= 11 is 0. The first-order valence-corrected chi connectivity index (χ1v) is 23.4. The minimum Gasteiger partial charge on any atom is -0.493 e. The molecule has 9 rings (SSSR count). The van der Waals surface area contributed by atoms with Gasteiger partial charge >= 0.3 is 0 Å². The smallest absolute Gasteiger partial charge is 0.137 e. The van der Waals surface area contributed by atoms with Crippen molar-refractivity contribution in [3.8, 4) is 23.0 Å². The van der Waals surface area contributed by atoms with Crippen LogP contribution in [0.5, 0.6) is 23.0 Å². The molecule has 0 saturated carbocycles. The van der Waals surface area contributed by atoms with E-state index in [1.807, 2.05) is 74.6 Å². The molecule has 0 saturated heterocycles. The molecule has 13 heteroatoms.